The lowest BCUT2D eigenvalue weighted by Crippen LogP contribution is -2.54. The van der Waals surface area contributed by atoms with Crippen LogP contribution in [-0.2, 0) is 15.2 Å². The lowest BCUT2D eigenvalue weighted by atomic mass is 10.2. The van der Waals surface area contributed by atoms with Crippen LogP contribution in [0, 0.1) is 0 Å². The van der Waals surface area contributed by atoms with Crippen LogP contribution in [0.2, 0.25) is 0 Å². The van der Waals surface area contributed by atoms with E-state index in [4.69, 9.17) is 42.2 Å². The zero-order chi connectivity index (χ0) is 27.4. The Hall–Kier alpha value is -4.08. The molecule has 1 unspecified atom stereocenters. The van der Waals surface area contributed by atoms with Gasteiger partial charge in [-0.25, -0.2) is 4.98 Å². The van der Waals surface area contributed by atoms with Crippen molar-refractivity contribution in [1.29, 1.82) is 0 Å². The number of fused-ring (bicyclic) bond motifs is 2. The number of aromatic nitrogens is 2. The minimum atomic E-state index is -4.67. The van der Waals surface area contributed by atoms with Gasteiger partial charge < -0.3 is 34.5 Å². The average Bonchev–Trinajstić information content (AvgIpc) is 2.90. The molecule has 0 spiro atoms. The van der Waals surface area contributed by atoms with Crippen LogP contribution in [0.25, 0.3) is 10.9 Å². The number of para-hydroxylation sites is 2. The molecule has 3 heterocycles. The second-order valence-electron chi connectivity index (χ2n) is 8.26. The van der Waals surface area contributed by atoms with E-state index < -0.39 is 16.5 Å². The maximum Gasteiger partial charge on any atom is 0.394 e. The zero-order valence-corrected chi connectivity index (χ0v) is 21.4. The number of benzene rings is 2. The normalized spacial score (nSPS) is 16.9. The number of hydrogen-bond donors (Lipinski definition) is 3. The minimum Gasteiger partial charge on any atom is -0.493 e. The Kier molecular flexibility index (Phi) is 7.89. The van der Waals surface area contributed by atoms with Crippen molar-refractivity contribution in [3.05, 3.63) is 36.4 Å². The quantitative estimate of drug-likeness (QED) is 0.393. The van der Waals surface area contributed by atoms with Crippen molar-refractivity contribution in [2.45, 2.75) is 6.10 Å². The number of carbonyl (C=O) groups is 1. The summed E-state index contributed by atoms with van der Waals surface area (Å²) in [5, 5.41) is 0.694. The Bertz CT molecular complexity index is 1420. The molecule has 204 valence electrons. The Morgan fingerprint density at radius 2 is 1.63 bits per heavy atom. The maximum absolute atomic E-state index is 13.0. The number of ether oxygens (including phenoxy) is 4. The first kappa shape index (κ1) is 27.0. The Morgan fingerprint density at radius 1 is 1.03 bits per heavy atom. The fourth-order valence-electron chi connectivity index (χ4n) is 4.08. The molecule has 1 fully saturated rings. The molecule has 1 amide bonds. The zero-order valence-electron chi connectivity index (χ0n) is 20.6. The molecule has 1 aromatic heterocycles. The van der Waals surface area contributed by atoms with Crippen LogP contribution in [0.3, 0.4) is 0 Å². The van der Waals surface area contributed by atoms with Crippen LogP contribution >= 0.6 is 0 Å². The van der Waals surface area contributed by atoms with Gasteiger partial charge in [0.2, 0.25) is 12.1 Å². The smallest absolute Gasteiger partial charge is 0.394 e. The van der Waals surface area contributed by atoms with Crippen molar-refractivity contribution >= 4 is 39.0 Å². The van der Waals surface area contributed by atoms with Crippen LogP contribution in [0.15, 0.2) is 36.4 Å². The van der Waals surface area contributed by atoms with Gasteiger partial charge in [0, 0.05) is 37.6 Å². The highest BCUT2D eigenvalue weighted by Gasteiger charge is 2.33. The molecule has 3 aromatic rings. The molecule has 2 aliphatic rings. The Balaban J connectivity index is 0.000000617. The summed E-state index contributed by atoms with van der Waals surface area (Å²) < 4.78 is 53.9. The summed E-state index contributed by atoms with van der Waals surface area (Å²) >= 11 is 0. The van der Waals surface area contributed by atoms with Crippen molar-refractivity contribution in [1.82, 2.24) is 14.9 Å². The van der Waals surface area contributed by atoms with E-state index >= 15 is 0 Å². The predicted molar refractivity (Wildman–Crippen MR) is 136 cm³/mol. The molecular weight excluding hydrogens is 522 g/mol. The molecule has 0 saturated carbocycles. The summed E-state index contributed by atoms with van der Waals surface area (Å²) in [6.45, 7) is 2.40. The Morgan fingerprint density at radius 3 is 2.26 bits per heavy atom. The van der Waals surface area contributed by atoms with Crippen molar-refractivity contribution in [2.75, 3.05) is 57.6 Å². The van der Waals surface area contributed by atoms with Crippen molar-refractivity contribution in [3.63, 3.8) is 0 Å². The van der Waals surface area contributed by atoms with E-state index in [0.717, 1.165) is 0 Å². The van der Waals surface area contributed by atoms with E-state index in [9.17, 15) is 4.79 Å². The van der Waals surface area contributed by atoms with Gasteiger partial charge >= 0.3 is 10.4 Å². The first-order chi connectivity index (χ1) is 18.1. The molecule has 1 saturated heterocycles. The SMILES string of the molecule is COc1cc2nc(N3CCN(C(=O)C4COc5ccccc5O4)CC3)nc(N)c2cc1OC.O=S(=O)(O)O. The molecule has 14 nitrogen and oxygen atoms in total. The monoisotopic (exact) mass is 549 g/mol. The molecule has 1 atom stereocenters. The number of amides is 1. The van der Waals surface area contributed by atoms with E-state index in [1.54, 1.807) is 37.3 Å². The van der Waals surface area contributed by atoms with Gasteiger partial charge in [0.25, 0.3) is 5.91 Å². The first-order valence-electron chi connectivity index (χ1n) is 11.4. The lowest BCUT2D eigenvalue weighted by molar-refractivity contribution is -0.141. The summed E-state index contributed by atoms with van der Waals surface area (Å²) in [6, 6.07) is 10.9. The van der Waals surface area contributed by atoms with Gasteiger partial charge in [-0.05, 0) is 18.2 Å². The van der Waals surface area contributed by atoms with E-state index in [1.807, 2.05) is 23.1 Å². The van der Waals surface area contributed by atoms with E-state index in [-0.39, 0.29) is 12.5 Å². The molecule has 0 bridgehead atoms. The molecule has 0 radical (unpaired) electrons. The molecule has 0 aliphatic carbocycles. The van der Waals surface area contributed by atoms with Crippen LogP contribution in [0.4, 0.5) is 11.8 Å². The first-order valence-corrected chi connectivity index (χ1v) is 12.8. The molecule has 38 heavy (non-hydrogen) atoms. The highest BCUT2D eigenvalue weighted by Crippen LogP contribution is 2.34. The third-order valence-corrected chi connectivity index (χ3v) is 5.88. The summed E-state index contributed by atoms with van der Waals surface area (Å²) in [5.74, 6) is 3.18. The fourth-order valence-corrected chi connectivity index (χ4v) is 4.08. The van der Waals surface area contributed by atoms with Crippen molar-refractivity contribution in [2.24, 2.45) is 0 Å². The number of methoxy groups -OCH3 is 2. The topological polar surface area (TPSA) is 187 Å². The van der Waals surface area contributed by atoms with Crippen LogP contribution in [0.5, 0.6) is 23.0 Å². The van der Waals surface area contributed by atoms with Crippen molar-refractivity contribution in [3.8, 4) is 23.0 Å². The molecule has 2 aliphatic heterocycles. The van der Waals surface area contributed by atoms with E-state index in [1.165, 1.54) is 0 Å². The summed E-state index contributed by atoms with van der Waals surface area (Å²) in [4.78, 5) is 26.0. The van der Waals surface area contributed by atoms with Gasteiger partial charge in [0.1, 0.15) is 12.4 Å². The van der Waals surface area contributed by atoms with Crippen LogP contribution < -0.4 is 29.6 Å². The van der Waals surface area contributed by atoms with Crippen molar-refractivity contribution < 1.29 is 41.3 Å². The van der Waals surface area contributed by atoms with E-state index in [0.29, 0.717) is 71.8 Å². The lowest BCUT2D eigenvalue weighted by Gasteiger charge is -2.37. The van der Waals surface area contributed by atoms with Gasteiger partial charge in [-0.1, -0.05) is 12.1 Å². The van der Waals surface area contributed by atoms with Crippen LogP contribution in [-0.4, -0.2) is 91.4 Å². The molecular formula is C23H27N5O9S. The summed E-state index contributed by atoms with van der Waals surface area (Å²) in [7, 11) is -1.52. The van der Waals surface area contributed by atoms with Gasteiger partial charge in [-0.3, -0.25) is 13.9 Å². The fraction of sp³-hybridized carbons (Fsp3) is 0.348. The molecule has 2 aromatic carbocycles. The second-order valence-corrected chi connectivity index (χ2v) is 9.15. The predicted octanol–water partition coefficient (Wildman–Crippen LogP) is 1.07. The standard InChI is InChI=1S/C23H25N5O5.H2O4S/c1-30-18-11-14-15(12-19(18)31-2)25-23(26-21(14)24)28-9-7-27(8-10-28)22(29)20-13-32-16-5-3-4-6-17(16)33-20;1-5(2,3)4/h3-6,11-12,20H,7-10,13H2,1-2H3,(H2,24,25,26);(H2,1,2,3,4). The van der Waals surface area contributed by atoms with Gasteiger partial charge in [0.05, 0.1) is 19.7 Å². The largest absolute Gasteiger partial charge is 0.493 e. The number of nitrogen functional groups attached to an aromatic ring is 1. The number of rotatable bonds is 4. The van der Waals surface area contributed by atoms with Gasteiger partial charge in [-0.2, -0.15) is 13.4 Å². The minimum absolute atomic E-state index is 0.0834. The molecule has 15 heteroatoms. The van der Waals surface area contributed by atoms with Crippen LogP contribution in [0.1, 0.15) is 0 Å². The summed E-state index contributed by atoms with van der Waals surface area (Å²) in [6.07, 6.45) is -0.651. The third-order valence-electron chi connectivity index (χ3n) is 5.88. The third kappa shape index (κ3) is 6.24. The molecule has 4 N–H and O–H groups in total. The van der Waals surface area contributed by atoms with Gasteiger partial charge in [0.15, 0.2) is 23.0 Å². The highest BCUT2D eigenvalue weighted by atomic mass is 32.3. The highest BCUT2D eigenvalue weighted by molar-refractivity contribution is 7.79. The second kappa shape index (κ2) is 11.1. The van der Waals surface area contributed by atoms with E-state index in [2.05, 4.69) is 9.97 Å². The summed E-state index contributed by atoms with van der Waals surface area (Å²) in [5.41, 5.74) is 6.89. The number of piperazine rings is 1. The number of carbonyl (C=O) groups excluding carboxylic acids is 1. The number of nitrogens with zero attached hydrogens (tertiary/aromatic N) is 4. The molecule has 5 rings (SSSR count). The maximum atomic E-state index is 13.0. The van der Waals surface area contributed by atoms with Gasteiger partial charge in [-0.15, -0.1) is 0 Å². The average molecular weight is 550 g/mol. The number of anilines is 2. The number of nitrogens with two attached hydrogens (primary N) is 1. The number of hydrogen-bond acceptors (Lipinski definition) is 11. The Labute approximate surface area is 218 Å².